The molecule has 1 heterocycles. The Morgan fingerprint density at radius 3 is 2.03 bits per heavy atom. The average molecular weight is 460 g/mol. The van der Waals surface area contributed by atoms with Gasteiger partial charge in [0.25, 0.3) is 0 Å². The van der Waals surface area contributed by atoms with Crippen LogP contribution in [0.1, 0.15) is 127 Å². The van der Waals surface area contributed by atoms with Gasteiger partial charge in [0.15, 0.2) is 5.82 Å². The number of nitriles is 1. The van der Waals surface area contributed by atoms with Crippen LogP contribution in [0.25, 0.3) is 11.4 Å². The molecule has 1 aromatic carbocycles. The molecule has 2 aromatic rings. The molecular weight excluding hydrogens is 414 g/mol. The Bertz CT molecular complexity index is 855. The fraction of sp³-hybridized carbons (Fsp3) is 0.645. The summed E-state index contributed by atoms with van der Waals surface area (Å²) in [6, 6.07) is 11.6. The lowest BCUT2D eigenvalue weighted by Gasteiger charge is -2.35. The molecule has 1 aromatic heterocycles. The third-order valence-electron chi connectivity index (χ3n) is 7.85. The minimum Gasteiger partial charge on any atom is -0.236 e. The first-order chi connectivity index (χ1) is 16.7. The van der Waals surface area contributed by atoms with Crippen molar-refractivity contribution in [1.29, 1.82) is 5.26 Å². The second-order valence-electron chi connectivity index (χ2n) is 10.5. The monoisotopic (exact) mass is 459 g/mol. The van der Waals surface area contributed by atoms with Gasteiger partial charge in [0.2, 0.25) is 0 Å². The smallest absolute Gasteiger partial charge is 0.159 e. The van der Waals surface area contributed by atoms with Gasteiger partial charge in [-0.05, 0) is 62.0 Å². The van der Waals surface area contributed by atoms with Gasteiger partial charge in [-0.25, -0.2) is 9.97 Å². The van der Waals surface area contributed by atoms with Gasteiger partial charge in [-0.15, -0.1) is 0 Å². The van der Waals surface area contributed by atoms with Crippen LogP contribution in [0.3, 0.4) is 0 Å². The normalized spacial score (nSPS) is 20.2. The van der Waals surface area contributed by atoms with Crippen LogP contribution in [-0.2, 0) is 6.42 Å². The molecule has 0 amide bonds. The van der Waals surface area contributed by atoms with Crippen LogP contribution < -0.4 is 0 Å². The van der Waals surface area contributed by atoms with Crippen molar-refractivity contribution in [2.75, 3.05) is 0 Å². The molecule has 0 N–H and O–H groups in total. The molecule has 0 spiro atoms. The highest BCUT2D eigenvalue weighted by molar-refractivity contribution is 5.55. The summed E-state index contributed by atoms with van der Waals surface area (Å²) < 4.78 is 0. The molecule has 1 aliphatic carbocycles. The van der Waals surface area contributed by atoms with Crippen LogP contribution in [-0.4, -0.2) is 9.97 Å². The predicted molar refractivity (Wildman–Crippen MR) is 143 cm³/mol. The largest absolute Gasteiger partial charge is 0.236 e. The fourth-order valence-electron chi connectivity index (χ4n) is 5.46. The first-order valence-electron chi connectivity index (χ1n) is 14.0. The van der Waals surface area contributed by atoms with Gasteiger partial charge in [0.1, 0.15) is 0 Å². The van der Waals surface area contributed by atoms with Crippen molar-refractivity contribution >= 4 is 0 Å². The molecule has 3 heteroatoms. The highest BCUT2D eigenvalue weighted by Crippen LogP contribution is 2.45. The van der Waals surface area contributed by atoms with Crippen LogP contribution in [0.5, 0.6) is 0 Å². The fourth-order valence-corrected chi connectivity index (χ4v) is 5.46. The standard InChI is InChI=1S/C31H45N3/c1-3-5-7-8-9-10-12-20-31(25-32)21-18-28(19-22-31)27-14-16-29(17-15-27)30-33-23-26(24-34-30)13-11-6-4-2/h14-17,23-24,28H,3-13,18-22H2,1-2H3/t28-,31-. The lowest BCUT2D eigenvalue weighted by atomic mass is 9.67. The van der Waals surface area contributed by atoms with E-state index in [9.17, 15) is 5.26 Å². The van der Waals surface area contributed by atoms with Gasteiger partial charge < -0.3 is 0 Å². The number of hydrogen-bond donors (Lipinski definition) is 0. The summed E-state index contributed by atoms with van der Waals surface area (Å²) >= 11 is 0. The number of hydrogen-bond acceptors (Lipinski definition) is 3. The van der Waals surface area contributed by atoms with E-state index in [0.29, 0.717) is 5.92 Å². The Morgan fingerprint density at radius 1 is 0.824 bits per heavy atom. The van der Waals surface area contributed by atoms with Crippen molar-refractivity contribution in [3.05, 3.63) is 47.8 Å². The summed E-state index contributed by atoms with van der Waals surface area (Å²) in [4.78, 5) is 9.22. The molecule has 1 fully saturated rings. The van der Waals surface area contributed by atoms with Crippen molar-refractivity contribution in [2.45, 2.75) is 122 Å². The number of nitrogens with zero attached hydrogens (tertiary/aromatic N) is 3. The molecule has 1 saturated carbocycles. The zero-order chi connectivity index (χ0) is 24.1. The molecule has 3 rings (SSSR count). The van der Waals surface area contributed by atoms with E-state index in [1.165, 1.54) is 75.3 Å². The number of aryl methyl sites for hydroxylation is 1. The molecule has 0 bridgehead atoms. The van der Waals surface area contributed by atoms with E-state index in [1.54, 1.807) is 0 Å². The molecule has 0 unspecified atom stereocenters. The number of unbranched alkanes of at least 4 members (excludes halogenated alkanes) is 8. The first-order valence-corrected chi connectivity index (χ1v) is 14.0. The molecule has 184 valence electrons. The van der Waals surface area contributed by atoms with E-state index in [4.69, 9.17) is 0 Å². The molecule has 0 saturated heterocycles. The summed E-state index contributed by atoms with van der Waals surface area (Å²) in [5.41, 5.74) is 3.65. The molecular formula is C31H45N3. The summed E-state index contributed by atoms with van der Waals surface area (Å²) in [7, 11) is 0. The summed E-state index contributed by atoms with van der Waals surface area (Å²) in [5, 5.41) is 9.95. The van der Waals surface area contributed by atoms with E-state index in [2.05, 4.69) is 54.2 Å². The van der Waals surface area contributed by atoms with E-state index < -0.39 is 0 Å². The molecule has 34 heavy (non-hydrogen) atoms. The second kappa shape index (κ2) is 14.2. The van der Waals surface area contributed by atoms with Crippen molar-refractivity contribution < 1.29 is 0 Å². The highest BCUT2D eigenvalue weighted by atomic mass is 14.9. The quantitative estimate of drug-likeness (QED) is 0.264. The minimum absolute atomic E-state index is 0.0768. The Hall–Kier alpha value is -2.21. The topological polar surface area (TPSA) is 49.6 Å². The average Bonchev–Trinajstić information content (AvgIpc) is 2.89. The minimum atomic E-state index is -0.0768. The summed E-state index contributed by atoms with van der Waals surface area (Å²) in [6.45, 7) is 4.50. The van der Waals surface area contributed by atoms with Crippen molar-refractivity contribution in [1.82, 2.24) is 9.97 Å². The van der Waals surface area contributed by atoms with Gasteiger partial charge in [-0.1, -0.05) is 95.9 Å². The number of rotatable bonds is 14. The Balaban J connectivity index is 1.46. The van der Waals surface area contributed by atoms with Crippen LogP contribution in [0, 0.1) is 16.7 Å². The number of benzene rings is 1. The number of aromatic nitrogens is 2. The van der Waals surface area contributed by atoms with Gasteiger partial charge in [0.05, 0.1) is 11.5 Å². The Morgan fingerprint density at radius 2 is 1.41 bits per heavy atom. The van der Waals surface area contributed by atoms with E-state index in [1.807, 2.05) is 12.4 Å². The van der Waals surface area contributed by atoms with Crippen molar-refractivity contribution in [3.63, 3.8) is 0 Å². The zero-order valence-electron chi connectivity index (χ0n) is 21.7. The van der Waals surface area contributed by atoms with E-state index >= 15 is 0 Å². The molecule has 0 radical (unpaired) electrons. The predicted octanol–water partition coefficient (Wildman–Crippen LogP) is 9.18. The lowest BCUT2D eigenvalue weighted by molar-refractivity contribution is 0.223. The maximum absolute atomic E-state index is 9.95. The first kappa shape index (κ1) is 26.4. The SMILES string of the molecule is CCCCCCCCC[C@]1(C#N)CC[C@H](c2ccc(-c3ncc(CCCCC)cn3)cc2)CC1. The Labute approximate surface area is 208 Å². The molecule has 0 aliphatic heterocycles. The van der Waals surface area contributed by atoms with E-state index in [0.717, 1.165) is 49.9 Å². The van der Waals surface area contributed by atoms with Gasteiger partial charge in [-0.2, -0.15) is 5.26 Å². The van der Waals surface area contributed by atoms with Gasteiger partial charge in [0, 0.05) is 18.0 Å². The third kappa shape index (κ3) is 7.93. The molecule has 0 atom stereocenters. The maximum atomic E-state index is 9.95. The third-order valence-corrected chi connectivity index (χ3v) is 7.85. The second-order valence-corrected chi connectivity index (χ2v) is 10.5. The summed E-state index contributed by atoms with van der Waals surface area (Å²) in [5.74, 6) is 1.39. The van der Waals surface area contributed by atoms with Crippen LogP contribution in [0.2, 0.25) is 0 Å². The summed E-state index contributed by atoms with van der Waals surface area (Å²) in [6.07, 6.45) is 23.5. The van der Waals surface area contributed by atoms with Gasteiger partial charge in [-0.3, -0.25) is 0 Å². The molecule has 3 nitrogen and oxygen atoms in total. The highest BCUT2D eigenvalue weighted by Gasteiger charge is 2.35. The lowest BCUT2D eigenvalue weighted by Crippen LogP contribution is -2.25. The maximum Gasteiger partial charge on any atom is 0.159 e. The van der Waals surface area contributed by atoms with Crippen LogP contribution >= 0.6 is 0 Å². The zero-order valence-corrected chi connectivity index (χ0v) is 21.7. The van der Waals surface area contributed by atoms with Gasteiger partial charge >= 0.3 is 0 Å². The Kier molecular flexibility index (Phi) is 11.1. The van der Waals surface area contributed by atoms with Crippen molar-refractivity contribution in [3.8, 4) is 17.5 Å². The molecule has 1 aliphatic rings. The van der Waals surface area contributed by atoms with Crippen LogP contribution in [0.15, 0.2) is 36.7 Å². The van der Waals surface area contributed by atoms with Crippen molar-refractivity contribution in [2.24, 2.45) is 5.41 Å². The van der Waals surface area contributed by atoms with Crippen LogP contribution in [0.4, 0.5) is 0 Å². The van der Waals surface area contributed by atoms with E-state index in [-0.39, 0.29) is 5.41 Å².